The standard InChI is InChI=1S/C20H24N2O5/c1-13-4-6-15(7-5-13)25-8-16-14(2)27-21-17(16)18(23)22-10-20(11-22)9-19(3,24)12-26-20/h4-7,24H,8-12H2,1-3H3. The van der Waals surface area contributed by atoms with Crippen LogP contribution in [0.3, 0.4) is 0 Å². The predicted octanol–water partition coefficient (Wildman–Crippen LogP) is 2.24. The Kier molecular flexibility index (Phi) is 4.24. The van der Waals surface area contributed by atoms with E-state index in [9.17, 15) is 9.90 Å². The molecule has 2 fully saturated rings. The van der Waals surface area contributed by atoms with Gasteiger partial charge in [-0.15, -0.1) is 0 Å². The summed E-state index contributed by atoms with van der Waals surface area (Å²) in [5, 5.41) is 14.1. The van der Waals surface area contributed by atoms with Crippen LogP contribution in [0.15, 0.2) is 28.8 Å². The van der Waals surface area contributed by atoms with Crippen molar-refractivity contribution in [1.29, 1.82) is 0 Å². The predicted molar refractivity (Wildman–Crippen MR) is 96.6 cm³/mol. The number of carbonyl (C=O) groups excluding carboxylic acids is 1. The van der Waals surface area contributed by atoms with E-state index in [1.54, 1.807) is 18.7 Å². The van der Waals surface area contributed by atoms with E-state index in [0.717, 1.165) is 11.3 Å². The van der Waals surface area contributed by atoms with Crippen molar-refractivity contribution in [1.82, 2.24) is 10.1 Å². The summed E-state index contributed by atoms with van der Waals surface area (Å²) in [5.74, 6) is 1.10. The average molecular weight is 372 g/mol. The molecular formula is C20H24N2O5. The van der Waals surface area contributed by atoms with E-state index in [1.807, 2.05) is 31.2 Å². The van der Waals surface area contributed by atoms with Crippen LogP contribution in [0.25, 0.3) is 0 Å². The number of benzene rings is 1. The number of aryl methyl sites for hydroxylation is 2. The molecule has 0 aliphatic carbocycles. The number of carbonyl (C=O) groups is 1. The minimum absolute atomic E-state index is 0.199. The molecule has 1 aromatic heterocycles. The second-order valence-electron chi connectivity index (χ2n) is 7.97. The SMILES string of the molecule is Cc1ccc(OCc2c(C(=O)N3CC4(C3)CC(C)(O)CO4)noc2C)cc1. The number of aliphatic hydroxyl groups is 1. The maximum atomic E-state index is 12.8. The van der Waals surface area contributed by atoms with Crippen molar-refractivity contribution < 1.29 is 23.9 Å². The summed E-state index contributed by atoms with van der Waals surface area (Å²) in [6, 6.07) is 7.72. The van der Waals surface area contributed by atoms with Crippen molar-refractivity contribution in [2.24, 2.45) is 0 Å². The Balaban J connectivity index is 1.42. The second kappa shape index (κ2) is 6.35. The van der Waals surface area contributed by atoms with Gasteiger partial charge in [0.1, 0.15) is 23.7 Å². The molecule has 7 nitrogen and oxygen atoms in total. The lowest BCUT2D eigenvalue weighted by Gasteiger charge is -2.46. The number of amides is 1. The lowest BCUT2D eigenvalue weighted by molar-refractivity contribution is -0.0957. The van der Waals surface area contributed by atoms with Crippen molar-refractivity contribution >= 4 is 5.91 Å². The molecule has 1 atom stereocenters. The largest absolute Gasteiger partial charge is 0.489 e. The summed E-state index contributed by atoms with van der Waals surface area (Å²) in [4.78, 5) is 14.5. The fraction of sp³-hybridized carbons (Fsp3) is 0.500. The number of rotatable bonds is 4. The topological polar surface area (TPSA) is 85.0 Å². The van der Waals surface area contributed by atoms with E-state index < -0.39 is 11.2 Å². The monoisotopic (exact) mass is 372 g/mol. The minimum Gasteiger partial charge on any atom is -0.489 e. The molecule has 0 radical (unpaired) electrons. The molecule has 1 unspecified atom stereocenters. The molecular weight excluding hydrogens is 348 g/mol. The normalized spacial score (nSPS) is 23.5. The number of hydrogen-bond acceptors (Lipinski definition) is 6. The van der Waals surface area contributed by atoms with Gasteiger partial charge in [-0.3, -0.25) is 4.79 Å². The fourth-order valence-electron chi connectivity index (χ4n) is 3.77. The Hall–Kier alpha value is -2.38. The first-order chi connectivity index (χ1) is 12.8. The molecule has 2 aliphatic heterocycles. The Morgan fingerprint density at radius 3 is 2.63 bits per heavy atom. The summed E-state index contributed by atoms with van der Waals surface area (Å²) >= 11 is 0. The van der Waals surface area contributed by atoms with E-state index in [4.69, 9.17) is 14.0 Å². The average Bonchev–Trinajstić information content (AvgIpc) is 3.12. The van der Waals surface area contributed by atoms with Crippen molar-refractivity contribution in [3.63, 3.8) is 0 Å². The zero-order chi connectivity index (χ0) is 19.2. The van der Waals surface area contributed by atoms with Gasteiger partial charge in [-0.2, -0.15) is 0 Å². The first-order valence-corrected chi connectivity index (χ1v) is 9.07. The fourth-order valence-corrected chi connectivity index (χ4v) is 3.77. The molecule has 144 valence electrons. The van der Waals surface area contributed by atoms with Crippen molar-refractivity contribution in [2.45, 2.75) is 45.0 Å². The zero-order valence-corrected chi connectivity index (χ0v) is 15.8. The first kappa shape index (κ1) is 18.0. The van der Waals surface area contributed by atoms with Crippen molar-refractivity contribution in [2.75, 3.05) is 19.7 Å². The third-order valence-corrected chi connectivity index (χ3v) is 5.23. The van der Waals surface area contributed by atoms with Gasteiger partial charge in [-0.25, -0.2) is 0 Å². The Bertz CT molecular complexity index is 850. The van der Waals surface area contributed by atoms with Gasteiger partial charge in [0.2, 0.25) is 0 Å². The van der Waals surface area contributed by atoms with E-state index in [-0.39, 0.29) is 18.2 Å². The molecule has 3 heterocycles. The second-order valence-corrected chi connectivity index (χ2v) is 7.97. The molecule has 1 N–H and O–H groups in total. The molecule has 27 heavy (non-hydrogen) atoms. The van der Waals surface area contributed by atoms with Gasteiger partial charge in [0, 0.05) is 6.42 Å². The molecule has 2 saturated heterocycles. The van der Waals surface area contributed by atoms with Crippen LogP contribution in [-0.4, -0.2) is 52.0 Å². The third kappa shape index (κ3) is 3.44. The maximum absolute atomic E-state index is 12.8. The van der Waals surface area contributed by atoms with Crippen LogP contribution < -0.4 is 4.74 Å². The molecule has 0 bridgehead atoms. The van der Waals surface area contributed by atoms with Crippen LogP contribution in [0.4, 0.5) is 0 Å². The Morgan fingerprint density at radius 1 is 1.30 bits per heavy atom. The molecule has 7 heteroatoms. The quantitative estimate of drug-likeness (QED) is 0.886. The van der Waals surface area contributed by atoms with E-state index >= 15 is 0 Å². The van der Waals surface area contributed by atoms with Gasteiger partial charge < -0.3 is 24.0 Å². The van der Waals surface area contributed by atoms with Crippen molar-refractivity contribution in [3.8, 4) is 5.75 Å². The van der Waals surface area contributed by atoms with Gasteiger partial charge in [0.05, 0.1) is 30.9 Å². The van der Waals surface area contributed by atoms with Crippen LogP contribution in [-0.2, 0) is 11.3 Å². The zero-order valence-electron chi connectivity index (χ0n) is 15.8. The highest BCUT2D eigenvalue weighted by molar-refractivity contribution is 5.94. The van der Waals surface area contributed by atoms with Crippen LogP contribution in [0.2, 0.25) is 0 Å². The molecule has 0 saturated carbocycles. The molecule has 1 aromatic carbocycles. The molecule has 1 spiro atoms. The Labute approximate surface area is 157 Å². The van der Waals surface area contributed by atoms with Crippen LogP contribution in [0, 0.1) is 13.8 Å². The minimum atomic E-state index is -0.827. The van der Waals surface area contributed by atoms with Gasteiger partial charge in [-0.05, 0) is 32.9 Å². The van der Waals surface area contributed by atoms with Gasteiger partial charge in [-0.1, -0.05) is 22.9 Å². The third-order valence-electron chi connectivity index (χ3n) is 5.23. The number of ether oxygens (including phenoxy) is 2. The van der Waals surface area contributed by atoms with Gasteiger partial charge >= 0.3 is 0 Å². The van der Waals surface area contributed by atoms with E-state index in [0.29, 0.717) is 37.4 Å². The summed E-state index contributed by atoms with van der Waals surface area (Å²) in [6.07, 6.45) is 0.533. The number of hydrogen-bond donors (Lipinski definition) is 1. The summed E-state index contributed by atoms with van der Waals surface area (Å²) in [7, 11) is 0. The van der Waals surface area contributed by atoms with E-state index in [2.05, 4.69) is 5.16 Å². The van der Waals surface area contributed by atoms with Gasteiger partial charge in [0.15, 0.2) is 5.69 Å². The van der Waals surface area contributed by atoms with Crippen LogP contribution >= 0.6 is 0 Å². The molecule has 2 aliphatic rings. The van der Waals surface area contributed by atoms with Crippen LogP contribution in [0.5, 0.6) is 5.75 Å². The smallest absolute Gasteiger partial charge is 0.276 e. The highest BCUT2D eigenvalue weighted by Gasteiger charge is 2.55. The summed E-state index contributed by atoms with van der Waals surface area (Å²) in [6.45, 7) is 6.95. The van der Waals surface area contributed by atoms with Crippen molar-refractivity contribution in [3.05, 3.63) is 46.8 Å². The molecule has 4 rings (SSSR count). The summed E-state index contributed by atoms with van der Waals surface area (Å²) < 4.78 is 16.8. The lowest BCUT2D eigenvalue weighted by Crippen LogP contribution is -2.63. The van der Waals surface area contributed by atoms with Gasteiger partial charge in [0.25, 0.3) is 5.91 Å². The molecule has 2 aromatic rings. The molecule has 1 amide bonds. The van der Waals surface area contributed by atoms with E-state index in [1.165, 1.54) is 0 Å². The number of nitrogens with zero attached hydrogens (tertiary/aromatic N) is 2. The number of likely N-dealkylation sites (tertiary alicyclic amines) is 1. The Morgan fingerprint density at radius 2 is 2.00 bits per heavy atom. The highest BCUT2D eigenvalue weighted by Crippen LogP contribution is 2.40. The summed E-state index contributed by atoms with van der Waals surface area (Å²) in [5.41, 5.74) is 0.822. The number of aromatic nitrogens is 1. The highest BCUT2D eigenvalue weighted by atomic mass is 16.5. The maximum Gasteiger partial charge on any atom is 0.276 e. The van der Waals surface area contributed by atoms with Crippen LogP contribution in [0.1, 0.15) is 40.7 Å². The lowest BCUT2D eigenvalue weighted by atomic mass is 9.85. The first-order valence-electron chi connectivity index (χ1n) is 9.07.